The average Bonchev–Trinajstić information content (AvgIpc) is 2.79. The number of rotatable bonds is 16. The van der Waals surface area contributed by atoms with E-state index in [2.05, 4.69) is 19.9 Å². The number of fused-ring (bicyclic) bond motifs is 1. The van der Waals surface area contributed by atoms with E-state index in [9.17, 15) is 9.59 Å². The zero-order valence-corrected chi connectivity index (χ0v) is 20.3. The standard InChI is InChI=1S/C27H38O6/c1-4-6-8-10-11-12-13-15-20-31-26-25(32-21(3)28)22-17-16-18-23(24(22)33-27(26)29)30-19-14-9-7-5-2/h7,9,16-18H,4-6,8,10-15,19-20H2,1-3H3/b9-7+. The quantitative estimate of drug-likeness (QED) is 0.117. The van der Waals surface area contributed by atoms with Gasteiger partial charge in [0.25, 0.3) is 0 Å². The first-order valence-corrected chi connectivity index (χ1v) is 12.3. The maximum absolute atomic E-state index is 12.7. The Kier molecular flexibility index (Phi) is 12.2. The third kappa shape index (κ3) is 8.95. The van der Waals surface area contributed by atoms with Crippen LogP contribution in [-0.4, -0.2) is 19.2 Å². The first-order chi connectivity index (χ1) is 16.1. The van der Waals surface area contributed by atoms with Gasteiger partial charge in [-0.15, -0.1) is 0 Å². The molecule has 0 aliphatic carbocycles. The van der Waals surface area contributed by atoms with E-state index in [1.807, 2.05) is 6.08 Å². The van der Waals surface area contributed by atoms with Crippen LogP contribution in [0.25, 0.3) is 11.0 Å². The van der Waals surface area contributed by atoms with Gasteiger partial charge in [-0.25, -0.2) is 4.79 Å². The van der Waals surface area contributed by atoms with Gasteiger partial charge in [-0.3, -0.25) is 4.79 Å². The van der Waals surface area contributed by atoms with Gasteiger partial charge in [0, 0.05) is 6.92 Å². The average molecular weight is 459 g/mol. The van der Waals surface area contributed by atoms with Crippen LogP contribution in [0, 0.1) is 0 Å². The lowest BCUT2D eigenvalue weighted by atomic mass is 10.1. The molecule has 0 fully saturated rings. The van der Waals surface area contributed by atoms with Crippen molar-refractivity contribution >= 4 is 16.9 Å². The van der Waals surface area contributed by atoms with Crippen molar-refractivity contribution in [3.05, 3.63) is 40.8 Å². The molecule has 6 heteroatoms. The number of hydrogen-bond acceptors (Lipinski definition) is 6. The number of benzene rings is 1. The van der Waals surface area contributed by atoms with Gasteiger partial charge in [0.1, 0.15) is 0 Å². The summed E-state index contributed by atoms with van der Waals surface area (Å²) >= 11 is 0. The molecule has 0 aliphatic heterocycles. The highest BCUT2D eigenvalue weighted by Crippen LogP contribution is 2.37. The highest BCUT2D eigenvalue weighted by molar-refractivity contribution is 5.91. The van der Waals surface area contributed by atoms with Gasteiger partial charge in [-0.05, 0) is 31.4 Å². The maximum atomic E-state index is 12.7. The molecular weight excluding hydrogens is 420 g/mol. The summed E-state index contributed by atoms with van der Waals surface area (Å²) in [6.45, 7) is 6.38. The van der Waals surface area contributed by atoms with Crippen molar-refractivity contribution < 1.29 is 23.4 Å². The monoisotopic (exact) mass is 458 g/mol. The third-order valence-electron chi connectivity index (χ3n) is 5.24. The molecule has 0 unspecified atom stereocenters. The van der Waals surface area contributed by atoms with E-state index in [0.29, 0.717) is 24.3 Å². The van der Waals surface area contributed by atoms with Crippen LogP contribution in [0.1, 0.15) is 85.0 Å². The molecule has 0 N–H and O–H groups in total. The third-order valence-corrected chi connectivity index (χ3v) is 5.24. The number of carbonyl (C=O) groups is 1. The smallest absolute Gasteiger partial charge is 0.383 e. The lowest BCUT2D eigenvalue weighted by Crippen LogP contribution is -2.13. The molecule has 0 spiro atoms. The fourth-order valence-electron chi connectivity index (χ4n) is 3.57. The van der Waals surface area contributed by atoms with Gasteiger partial charge in [0.05, 0.1) is 18.6 Å². The number of ether oxygens (including phenoxy) is 3. The van der Waals surface area contributed by atoms with Gasteiger partial charge in [0.15, 0.2) is 17.1 Å². The molecular formula is C27H38O6. The lowest BCUT2D eigenvalue weighted by Gasteiger charge is -2.13. The Balaban J connectivity index is 2.09. The zero-order chi connectivity index (χ0) is 23.9. The van der Waals surface area contributed by atoms with Gasteiger partial charge >= 0.3 is 11.6 Å². The summed E-state index contributed by atoms with van der Waals surface area (Å²) in [5.74, 6) is -0.0827. The van der Waals surface area contributed by atoms with Gasteiger partial charge in [0.2, 0.25) is 5.75 Å². The summed E-state index contributed by atoms with van der Waals surface area (Å²) in [5.41, 5.74) is -0.433. The molecule has 0 aliphatic rings. The highest BCUT2D eigenvalue weighted by Gasteiger charge is 2.21. The number of esters is 1. The molecule has 0 amide bonds. The SMILES string of the molecule is CC/C=C/CCOc1cccc2c(OC(C)=O)c(OCCCCCCCCCC)c(=O)oc12. The van der Waals surface area contributed by atoms with Crippen LogP contribution >= 0.6 is 0 Å². The number of unbranched alkanes of at least 4 members (excludes halogenated alkanes) is 7. The van der Waals surface area contributed by atoms with Gasteiger partial charge < -0.3 is 18.6 Å². The summed E-state index contributed by atoms with van der Waals surface area (Å²) in [6, 6.07) is 5.23. The second-order valence-corrected chi connectivity index (χ2v) is 8.11. The van der Waals surface area contributed by atoms with Crippen LogP contribution in [0.5, 0.6) is 17.2 Å². The topological polar surface area (TPSA) is 75.0 Å². The summed E-state index contributed by atoms with van der Waals surface area (Å²) < 4.78 is 22.5. The van der Waals surface area contributed by atoms with Crippen LogP contribution in [0.15, 0.2) is 39.6 Å². The lowest BCUT2D eigenvalue weighted by molar-refractivity contribution is -0.131. The van der Waals surface area contributed by atoms with E-state index in [1.54, 1.807) is 18.2 Å². The molecule has 1 heterocycles. The summed E-state index contributed by atoms with van der Waals surface area (Å²) in [5, 5.41) is 0.470. The van der Waals surface area contributed by atoms with Crippen molar-refractivity contribution in [3.8, 4) is 17.2 Å². The van der Waals surface area contributed by atoms with Gasteiger partial charge in [-0.1, -0.05) is 77.0 Å². The van der Waals surface area contributed by atoms with E-state index in [-0.39, 0.29) is 17.1 Å². The molecule has 2 rings (SSSR count). The number of hydrogen-bond donors (Lipinski definition) is 0. The van der Waals surface area contributed by atoms with Crippen LogP contribution in [0.4, 0.5) is 0 Å². The first kappa shape index (κ1) is 26.5. The molecule has 6 nitrogen and oxygen atoms in total. The Morgan fingerprint density at radius 2 is 1.64 bits per heavy atom. The van der Waals surface area contributed by atoms with Gasteiger partial charge in [-0.2, -0.15) is 0 Å². The van der Waals surface area contributed by atoms with Crippen LogP contribution in [0.2, 0.25) is 0 Å². The Morgan fingerprint density at radius 3 is 2.33 bits per heavy atom. The molecule has 0 saturated heterocycles. The molecule has 33 heavy (non-hydrogen) atoms. The highest BCUT2D eigenvalue weighted by atomic mass is 16.6. The predicted octanol–water partition coefficient (Wildman–Crippen LogP) is 6.97. The number of allylic oxidation sites excluding steroid dienone is 1. The minimum Gasteiger partial charge on any atom is -0.489 e. The Bertz CT molecular complexity index is 944. The molecule has 0 saturated carbocycles. The van der Waals surface area contributed by atoms with Crippen molar-refractivity contribution in [2.45, 2.75) is 85.0 Å². The summed E-state index contributed by atoms with van der Waals surface area (Å²) in [6.07, 6.45) is 15.1. The van der Waals surface area contributed by atoms with Crippen molar-refractivity contribution in [1.82, 2.24) is 0 Å². The minimum atomic E-state index is -0.680. The predicted molar refractivity (Wildman–Crippen MR) is 131 cm³/mol. The van der Waals surface area contributed by atoms with Crippen LogP contribution < -0.4 is 19.8 Å². The zero-order valence-electron chi connectivity index (χ0n) is 20.3. The van der Waals surface area contributed by atoms with Crippen molar-refractivity contribution in [2.75, 3.05) is 13.2 Å². The second kappa shape index (κ2) is 15.1. The Labute approximate surface area is 196 Å². The van der Waals surface area contributed by atoms with Crippen molar-refractivity contribution in [3.63, 3.8) is 0 Å². The van der Waals surface area contributed by atoms with Crippen molar-refractivity contribution in [2.24, 2.45) is 0 Å². The fourth-order valence-corrected chi connectivity index (χ4v) is 3.57. The van der Waals surface area contributed by atoms with E-state index in [4.69, 9.17) is 18.6 Å². The maximum Gasteiger partial charge on any atom is 0.383 e. The van der Waals surface area contributed by atoms with E-state index in [0.717, 1.165) is 32.1 Å². The molecule has 0 atom stereocenters. The van der Waals surface area contributed by atoms with E-state index >= 15 is 0 Å². The van der Waals surface area contributed by atoms with Crippen LogP contribution in [0.3, 0.4) is 0 Å². The summed E-state index contributed by atoms with van der Waals surface area (Å²) in [4.78, 5) is 24.5. The summed E-state index contributed by atoms with van der Waals surface area (Å²) in [7, 11) is 0. The van der Waals surface area contributed by atoms with E-state index in [1.165, 1.54) is 39.0 Å². The molecule has 0 bridgehead atoms. The number of carbonyl (C=O) groups excluding carboxylic acids is 1. The Morgan fingerprint density at radius 1 is 0.909 bits per heavy atom. The van der Waals surface area contributed by atoms with E-state index < -0.39 is 11.6 Å². The van der Waals surface area contributed by atoms with Crippen molar-refractivity contribution in [1.29, 1.82) is 0 Å². The van der Waals surface area contributed by atoms with Crippen LogP contribution in [-0.2, 0) is 4.79 Å². The molecule has 1 aromatic heterocycles. The molecule has 0 radical (unpaired) electrons. The molecule has 182 valence electrons. The molecule has 2 aromatic rings. The Hall–Kier alpha value is -2.76. The normalized spacial score (nSPS) is 11.2. The largest absolute Gasteiger partial charge is 0.489 e. The second-order valence-electron chi connectivity index (χ2n) is 8.11. The minimum absolute atomic E-state index is 0.0660. The molecule has 1 aromatic carbocycles. The first-order valence-electron chi connectivity index (χ1n) is 12.3. The number of para-hydroxylation sites is 1. The fraction of sp³-hybridized carbons (Fsp3) is 0.556.